The molecule has 0 aromatic heterocycles. The SMILES string of the molecule is CC=COCC1CC(COC=CC)CC(COC=CC)C1. The van der Waals surface area contributed by atoms with Crippen LogP contribution in [0.15, 0.2) is 37.0 Å². The summed E-state index contributed by atoms with van der Waals surface area (Å²) < 4.78 is 16.7. The standard InChI is InChI=1S/C18H30O3/c1-4-7-19-13-16-10-17(14-20-8-5-2)12-18(11-16)15-21-9-6-3/h4-9,16-18H,10-15H2,1-3H3. The summed E-state index contributed by atoms with van der Waals surface area (Å²) >= 11 is 0. The first kappa shape index (κ1) is 17.7. The van der Waals surface area contributed by atoms with E-state index in [2.05, 4.69) is 0 Å². The van der Waals surface area contributed by atoms with E-state index in [1.54, 1.807) is 18.8 Å². The summed E-state index contributed by atoms with van der Waals surface area (Å²) in [5, 5.41) is 0. The van der Waals surface area contributed by atoms with Crippen LogP contribution in [0.5, 0.6) is 0 Å². The number of rotatable bonds is 9. The predicted molar refractivity (Wildman–Crippen MR) is 86.6 cm³/mol. The molecule has 0 heterocycles. The van der Waals surface area contributed by atoms with Crippen LogP contribution in [0.2, 0.25) is 0 Å². The highest BCUT2D eigenvalue weighted by molar-refractivity contribution is 4.81. The van der Waals surface area contributed by atoms with Crippen molar-refractivity contribution < 1.29 is 14.2 Å². The van der Waals surface area contributed by atoms with Crippen molar-refractivity contribution in [2.45, 2.75) is 40.0 Å². The van der Waals surface area contributed by atoms with Crippen molar-refractivity contribution in [1.82, 2.24) is 0 Å². The normalized spacial score (nSPS) is 26.7. The topological polar surface area (TPSA) is 27.7 Å². The Morgan fingerprint density at radius 2 is 0.905 bits per heavy atom. The van der Waals surface area contributed by atoms with Gasteiger partial charge in [-0.15, -0.1) is 0 Å². The molecule has 21 heavy (non-hydrogen) atoms. The molecule has 0 saturated heterocycles. The van der Waals surface area contributed by atoms with Gasteiger partial charge in [0.05, 0.1) is 38.6 Å². The maximum atomic E-state index is 5.58. The molecule has 0 spiro atoms. The van der Waals surface area contributed by atoms with Gasteiger partial charge < -0.3 is 14.2 Å². The first-order chi connectivity index (χ1) is 10.3. The average Bonchev–Trinajstić information content (AvgIpc) is 2.48. The smallest absolute Gasteiger partial charge is 0.0901 e. The van der Waals surface area contributed by atoms with E-state index in [9.17, 15) is 0 Å². The molecule has 3 nitrogen and oxygen atoms in total. The van der Waals surface area contributed by atoms with Gasteiger partial charge in [0.1, 0.15) is 0 Å². The first-order valence-corrected chi connectivity index (χ1v) is 7.98. The van der Waals surface area contributed by atoms with Crippen LogP contribution in [0.4, 0.5) is 0 Å². The highest BCUT2D eigenvalue weighted by atomic mass is 16.5. The van der Waals surface area contributed by atoms with E-state index in [0.29, 0.717) is 17.8 Å². The highest BCUT2D eigenvalue weighted by Gasteiger charge is 2.29. The second kappa shape index (κ2) is 11.3. The molecule has 0 N–H and O–H groups in total. The minimum atomic E-state index is 0.591. The Labute approximate surface area is 129 Å². The summed E-state index contributed by atoms with van der Waals surface area (Å²) in [6, 6.07) is 0. The number of ether oxygens (including phenoxy) is 3. The van der Waals surface area contributed by atoms with Crippen molar-refractivity contribution >= 4 is 0 Å². The van der Waals surface area contributed by atoms with Crippen molar-refractivity contribution in [3.8, 4) is 0 Å². The second-order valence-corrected chi connectivity index (χ2v) is 5.71. The molecule has 1 saturated carbocycles. The molecule has 1 aliphatic rings. The highest BCUT2D eigenvalue weighted by Crippen LogP contribution is 2.34. The maximum absolute atomic E-state index is 5.58. The fraction of sp³-hybridized carbons (Fsp3) is 0.667. The number of hydrogen-bond acceptors (Lipinski definition) is 3. The van der Waals surface area contributed by atoms with Crippen LogP contribution < -0.4 is 0 Å². The quantitative estimate of drug-likeness (QED) is 0.578. The second-order valence-electron chi connectivity index (χ2n) is 5.71. The van der Waals surface area contributed by atoms with Gasteiger partial charge in [0.25, 0.3) is 0 Å². The minimum Gasteiger partial charge on any atom is -0.501 e. The molecule has 0 amide bonds. The molecule has 0 atom stereocenters. The van der Waals surface area contributed by atoms with E-state index in [4.69, 9.17) is 14.2 Å². The van der Waals surface area contributed by atoms with Gasteiger partial charge in [0.2, 0.25) is 0 Å². The molecule has 0 aromatic carbocycles. The van der Waals surface area contributed by atoms with Crippen LogP contribution in [0.1, 0.15) is 40.0 Å². The molecule has 1 fully saturated rings. The molecular weight excluding hydrogens is 264 g/mol. The van der Waals surface area contributed by atoms with Gasteiger partial charge in [-0.2, -0.15) is 0 Å². The van der Waals surface area contributed by atoms with Gasteiger partial charge in [-0.25, -0.2) is 0 Å². The van der Waals surface area contributed by atoms with E-state index < -0.39 is 0 Å². The van der Waals surface area contributed by atoms with Crippen molar-refractivity contribution in [1.29, 1.82) is 0 Å². The zero-order valence-electron chi connectivity index (χ0n) is 13.7. The Kier molecular flexibility index (Phi) is 9.51. The van der Waals surface area contributed by atoms with Gasteiger partial charge in [-0.1, -0.05) is 18.2 Å². The Balaban J connectivity index is 2.46. The Hall–Kier alpha value is -1.38. The molecule has 120 valence electrons. The zero-order chi connectivity index (χ0) is 15.3. The lowest BCUT2D eigenvalue weighted by atomic mass is 9.76. The van der Waals surface area contributed by atoms with Crippen LogP contribution in [-0.2, 0) is 14.2 Å². The van der Waals surface area contributed by atoms with Crippen molar-refractivity contribution in [2.75, 3.05) is 19.8 Å². The molecule has 0 bridgehead atoms. The molecule has 0 radical (unpaired) electrons. The number of hydrogen-bond donors (Lipinski definition) is 0. The monoisotopic (exact) mass is 294 g/mol. The molecule has 1 aliphatic carbocycles. The minimum absolute atomic E-state index is 0.591. The Bertz CT molecular complexity index is 275. The third-order valence-corrected chi connectivity index (χ3v) is 3.69. The third kappa shape index (κ3) is 7.84. The van der Waals surface area contributed by atoms with Crippen molar-refractivity contribution in [2.24, 2.45) is 17.8 Å². The fourth-order valence-electron chi connectivity index (χ4n) is 2.97. The summed E-state index contributed by atoms with van der Waals surface area (Å²) in [4.78, 5) is 0. The van der Waals surface area contributed by atoms with E-state index in [1.807, 2.05) is 39.0 Å². The van der Waals surface area contributed by atoms with E-state index in [0.717, 1.165) is 19.8 Å². The fourth-order valence-corrected chi connectivity index (χ4v) is 2.97. The largest absolute Gasteiger partial charge is 0.501 e. The van der Waals surface area contributed by atoms with Crippen LogP contribution in [-0.4, -0.2) is 19.8 Å². The first-order valence-electron chi connectivity index (χ1n) is 7.98. The van der Waals surface area contributed by atoms with Gasteiger partial charge in [0.15, 0.2) is 0 Å². The van der Waals surface area contributed by atoms with E-state index >= 15 is 0 Å². The van der Waals surface area contributed by atoms with Crippen LogP contribution in [0, 0.1) is 17.8 Å². The molecular formula is C18H30O3. The average molecular weight is 294 g/mol. The van der Waals surface area contributed by atoms with Crippen LogP contribution in [0.25, 0.3) is 0 Å². The Morgan fingerprint density at radius 3 is 1.14 bits per heavy atom. The summed E-state index contributed by atoms with van der Waals surface area (Å²) in [5.74, 6) is 1.77. The van der Waals surface area contributed by atoms with Gasteiger partial charge in [-0.05, 0) is 57.8 Å². The van der Waals surface area contributed by atoms with E-state index in [-0.39, 0.29) is 0 Å². The van der Waals surface area contributed by atoms with Gasteiger partial charge >= 0.3 is 0 Å². The Morgan fingerprint density at radius 1 is 0.619 bits per heavy atom. The maximum Gasteiger partial charge on any atom is 0.0901 e. The summed E-state index contributed by atoms with van der Waals surface area (Å²) in [6.07, 6.45) is 14.7. The zero-order valence-corrected chi connectivity index (χ0v) is 13.7. The van der Waals surface area contributed by atoms with Gasteiger partial charge in [-0.3, -0.25) is 0 Å². The molecule has 0 aliphatic heterocycles. The van der Waals surface area contributed by atoms with Crippen LogP contribution in [0.3, 0.4) is 0 Å². The lowest BCUT2D eigenvalue weighted by molar-refractivity contribution is 0.0524. The molecule has 0 unspecified atom stereocenters. The summed E-state index contributed by atoms with van der Waals surface area (Å²) in [6.45, 7) is 8.31. The van der Waals surface area contributed by atoms with Crippen LogP contribution >= 0.6 is 0 Å². The summed E-state index contributed by atoms with van der Waals surface area (Å²) in [5.41, 5.74) is 0. The lowest BCUT2D eigenvalue weighted by Crippen LogP contribution is -2.29. The van der Waals surface area contributed by atoms with Crippen molar-refractivity contribution in [3.05, 3.63) is 37.0 Å². The number of allylic oxidation sites excluding steroid dienone is 3. The molecule has 0 aromatic rings. The van der Waals surface area contributed by atoms with E-state index in [1.165, 1.54) is 19.3 Å². The molecule has 3 heteroatoms. The lowest BCUT2D eigenvalue weighted by Gasteiger charge is -2.34. The predicted octanol–water partition coefficient (Wildman–Crippen LogP) is 4.67. The summed E-state index contributed by atoms with van der Waals surface area (Å²) in [7, 11) is 0. The van der Waals surface area contributed by atoms with Gasteiger partial charge in [0, 0.05) is 0 Å². The molecule has 1 rings (SSSR count). The van der Waals surface area contributed by atoms with Crippen molar-refractivity contribution in [3.63, 3.8) is 0 Å². The third-order valence-electron chi connectivity index (χ3n) is 3.69.